The molecule has 1 aromatic carbocycles. The Morgan fingerprint density at radius 2 is 1.86 bits per heavy atom. The number of hydrogen-bond acceptors (Lipinski definition) is 6. The van der Waals surface area contributed by atoms with E-state index in [9.17, 15) is 14.4 Å². The molecule has 0 aliphatic heterocycles. The fourth-order valence-corrected chi connectivity index (χ4v) is 3.66. The van der Waals surface area contributed by atoms with Crippen molar-refractivity contribution in [2.45, 2.75) is 34.1 Å². The Labute approximate surface area is 209 Å². The number of pyridine rings is 1. The van der Waals surface area contributed by atoms with Crippen molar-refractivity contribution >= 4 is 35.1 Å². The quantitative estimate of drug-likeness (QED) is 0.450. The number of para-hydroxylation sites is 1. The molecule has 0 unspecified atom stereocenters. The van der Waals surface area contributed by atoms with Gasteiger partial charge in [0.2, 0.25) is 5.91 Å². The highest BCUT2D eigenvalue weighted by Crippen LogP contribution is 2.19. The first kappa shape index (κ1) is 25.9. The lowest BCUT2D eigenvalue weighted by Crippen LogP contribution is -2.40. The van der Waals surface area contributed by atoms with Crippen molar-refractivity contribution in [3.05, 3.63) is 70.1 Å². The van der Waals surface area contributed by atoms with Gasteiger partial charge in [0.15, 0.2) is 18.1 Å². The van der Waals surface area contributed by atoms with Crippen molar-refractivity contribution in [3.8, 4) is 5.82 Å². The second kappa shape index (κ2) is 11.6. The minimum atomic E-state index is -0.840. The van der Waals surface area contributed by atoms with Crippen LogP contribution in [0.15, 0.2) is 42.5 Å². The van der Waals surface area contributed by atoms with Gasteiger partial charge >= 0.3 is 5.97 Å². The molecule has 9 nitrogen and oxygen atoms in total. The highest BCUT2D eigenvalue weighted by molar-refractivity contribution is 6.33. The van der Waals surface area contributed by atoms with Gasteiger partial charge in [-0.05, 0) is 57.0 Å². The predicted octanol–water partition coefficient (Wildman–Crippen LogP) is 3.88. The van der Waals surface area contributed by atoms with Gasteiger partial charge in [-0.25, -0.2) is 14.5 Å². The van der Waals surface area contributed by atoms with E-state index in [4.69, 9.17) is 16.3 Å². The first-order valence-corrected chi connectivity index (χ1v) is 11.6. The lowest BCUT2D eigenvalue weighted by atomic mass is 10.2. The number of benzene rings is 1. The third-order valence-electron chi connectivity index (χ3n) is 5.18. The van der Waals surface area contributed by atoms with Crippen LogP contribution in [0, 0.1) is 20.8 Å². The smallest absolute Gasteiger partial charge is 0.359 e. The fraction of sp³-hybridized carbons (Fsp3) is 0.320. The number of carbonyl (C=O) groups is 3. The Morgan fingerprint density at radius 3 is 2.51 bits per heavy atom. The second-order valence-corrected chi connectivity index (χ2v) is 8.50. The predicted molar refractivity (Wildman–Crippen MR) is 133 cm³/mol. The molecule has 0 fully saturated rings. The van der Waals surface area contributed by atoms with Gasteiger partial charge in [-0.3, -0.25) is 9.59 Å². The SMILES string of the molecule is CCCN(CC(=O)Nc1ccccc1C)C(=O)COC(=O)c1nc(-n2nc(C)cc2C)ccc1Cl. The summed E-state index contributed by atoms with van der Waals surface area (Å²) >= 11 is 6.17. The zero-order chi connectivity index (χ0) is 25.5. The molecule has 2 heterocycles. The summed E-state index contributed by atoms with van der Waals surface area (Å²) in [6, 6.07) is 12.4. The summed E-state index contributed by atoms with van der Waals surface area (Å²) in [6.07, 6.45) is 0.634. The molecular weight excluding hydrogens is 470 g/mol. The molecule has 1 N–H and O–H groups in total. The maximum absolute atomic E-state index is 12.7. The molecular formula is C25H28ClN5O4. The second-order valence-electron chi connectivity index (χ2n) is 8.09. The van der Waals surface area contributed by atoms with E-state index >= 15 is 0 Å². The zero-order valence-corrected chi connectivity index (χ0v) is 20.9. The van der Waals surface area contributed by atoms with E-state index < -0.39 is 18.5 Å². The molecule has 3 aromatic rings. The van der Waals surface area contributed by atoms with Crippen LogP contribution in [-0.4, -0.2) is 57.1 Å². The van der Waals surface area contributed by atoms with Crippen molar-refractivity contribution in [1.82, 2.24) is 19.7 Å². The molecule has 0 saturated carbocycles. The summed E-state index contributed by atoms with van der Waals surface area (Å²) < 4.78 is 6.79. The van der Waals surface area contributed by atoms with Crippen LogP contribution in [0.5, 0.6) is 0 Å². The molecule has 0 atom stereocenters. The number of nitrogens with zero attached hydrogens (tertiary/aromatic N) is 4. The number of ether oxygens (including phenoxy) is 1. The average Bonchev–Trinajstić information content (AvgIpc) is 3.16. The molecule has 184 valence electrons. The van der Waals surface area contributed by atoms with Crippen LogP contribution in [0.4, 0.5) is 5.69 Å². The monoisotopic (exact) mass is 497 g/mol. The first-order valence-electron chi connectivity index (χ1n) is 11.2. The normalized spacial score (nSPS) is 10.7. The third kappa shape index (κ3) is 6.66. The van der Waals surface area contributed by atoms with Crippen LogP contribution in [0.3, 0.4) is 0 Å². The van der Waals surface area contributed by atoms with E-state index in [2.05, 4.69) is 15.4 Å². The molecule has 0 spiro atoms. The van der Waals surface area contributed by atoms with Crippen LogP contribution in [0.1, 0.15) is 40.8 Å². The van der Waals surface area contributed by atoms with Crippen LogP contribution in [0.2, 0.25) is 5.02 Å². The molecule has 0 bridgehead atoms. The Kier molecular flexibility index (Phi) is 8.59. The largest absolute Gasteiger partial charge is 0.451 e. The third-order valence-corrected chi connectivity index (χ3v) is 5.48. The number of aromatic nitrogens is 3. The van der Waals surface area contributed by atoms with Crippen molar-refractivity contribution in [3.63, 3.8) is 0 Å². The Hall–Kier alpha value is -3.72. The van der Waals surface area contributed by atoms with Crippen molar-refractivity contribution in [1.29, 1.82) is 0 Å². The molecule has 2 amide bonds. The Balaban J connectivity index is 1.65. The molecule has 35 heavy (non-hydrogen) atoms. The lowest BCUT2D eigenvalue weighted by molar-refractivity contribution is -0.137. The highest BCUT2D eigenvalue weighted by Gasteiger charge is 2.21. The summed E-state index contributed by atoms with van der Waals surface area (Å²) in [5.74, 6) is -1.27. The van der Waals surface area contributed by atoms with Crippen LogP contribution >= 0.6 is 11.6 Å². The highest BCUT2D eigenvalue weighted by atomic mass is 35.5. The fourth-order valence-electron chi connectivity index (χ4n) is 3.48. The van der Waals surface area contributed by atoms with Crippen LogP contribution < -0.4 is 5.32 Å². The molecule has 10 heteroatoms. The molecule has 2 aromatic heterocycles. The molecule has 0 aliphatic carbocycles. The number of hydrogen-bond donors (Lipinski definition) is 1. The number of rotatable bonds is 9. The van der Waals surface area contributed by atoms with Crippen LogP contribution in [0.25, 0.3) is 5.82 Å². The van der Waals surface area contributed by atoms with E-state index in [1.807, 2.05) is 52.0 Å². The summed E-state index contributed by atoms with van der Waals surface area (Å²) in [7, 11) is 0. The number of halogens is 1. The number of aryl methyl sites for hydroxylation is 3. The van der Waals surface area contributed by atoms with Gasteiger partial charge in [0.05, 0.1) is 17.3 Å². The molecule has 0 saturated heterocycles. The summed E-state index contributed by atoms with van der Waals surface area (Å²) in [6.45, 7) is 7.12. The number of anilines is 1. The summed E-state index contributed by atoms with van der Waals surface area (Å²) in [5, 5.41) is 7.25. The minimum Gasteiger partial charge on any atom is -0.451 e. The van der Waals surface area contributed by atoms with E-state index in [1.54, 1.807) is 16.8 Å². The van der Waals surface area contributed by atoms with E-state index in [0.29, 0.717) is 24.5 Å². The topological polar surface area (TPSA) is 106 Å². The van der Waals surface area contributed by atoms with E-state index in [-0.39, 0.29) is 23.2 Å². The van der Waals surface area contributed by atoms with Gasteiger partial charge in [-0.2, -0.15) is 5.10 Å². The van der Waals surface area contributed by atoms with Gasteiger partial charge in [0.1, 0.15) is 0 Å². The van der Waals surface area contributed by atoms with Gasteiger partial charge in [0.25, 0.3) is 5.91 Å². The van der Waals surface area contributed by atoms with Gasteiger partial charge in [0, 0.05) is 17.9 Å². The molecule has 0 aliphatic rings. The van der Waals surface area contributed by atoms with Crippen molar-refractivity contribution in [2.75, 3.05) is 25.0 Å². The van der Waals surface area contributed by atoms with E-state index in [0.717, 1.165) is 17.0 Å². The Bertz CT molecular complexity index is 1240. The summed E-state index contributed by atoms with van der Waals surface area (Å²) in [5.41, 5.74) is 3.11. The van der Waals surface area contributed by atoms with Gasteiger partial charge in [-0.1, -0.05) is 36.7 Å². The zero-order valence-electron chi connectivity index (χ0n) is 20.2. The Morgan fingerprint density at radius 1 is 1.11 bits per heavy atom. The number of carbonyl (C=O) groups excluding carboxylic acids is 3. The maximum Gasteiger partial charge on any atom is 0.359 e. The number of esters is 1. The van der Waals surface area contributed by atoms with Crippen molar-refractivity contribution in [2.24, 2.45) is 0 Å². The standard InChI is InChI=1S/C25H28ClN5O4/c1-5-12-30(14-22(32)27-20-9-7-6-8-16(20)2)23(33)15-35-25(34)24-19(26)10-11-21(28-24)31-18(4)13-17(3)29-31/h6-11,13H,5,12,14-15H2,1-4H3,(H,27,32). The number of nitrogens with one attached hydrogen (secondary N) is 1. The minimum absolute atomic E-state index is 0.0933. The van der Waals surface area contributed by atoms with Gasteiger partial charge < -0.3 is 15.0 Å². The van der Waals surface area contributed by atoms with Crippen molar-refractivity contribution < 1.29 is 19.1 Å². The average molecular weight is 498 g/mol. The van der Waals surface area contributed by atoms with E-state index in [1.165, 1.54) is 11.0 Å². The summed E-state index contributed by atoms with van der Waals surface area (Å²) in [4.78, 5) is 43.6. The number of amides is 2. The van der Waals surface area contributed by atoms with Crippen LogP contribution in [-0.2, 0) is 14.3 Å². The van der Waals surface area contributed by atoms with Gasteiger partial charge in [-0.15, -0.1) is 0 Å². The maximum atomic E-state index is 12.7. The first-order chi connectivity index (χ1) is 16.7. The molecule has 3 rings (SSSR count). The lowest BCUT2D eigenvalue weighted by Gasteiger charge is -2.21. The molecule has 0 radical (unpaired) electrons.